The number of ether oxygens (including phenoxy) is 2. The molecule has 1 aromatic heterocycles. The average Bonchev–Trinajstić information content (AvgIpc) is 3.05. The maximum absolute atomic E-state index is 6.18. The zero-order valence-electron chi connectivity index (χ0n) is 17.2. The minimum atomic E-state index is 0.185. The maximum atomic E-state index is 6.18. The van der Waals surface area contributed by atoms with Gasteiger partial charge in [-0.3, -0.25) is 4.90 Å². The largest absolute Gasteiger partial charge is 0.472 e. The first-order valence-corrected chi connectivity index (χ1v) is 10.6. The van der Waals surface area contributed by atoms with Crippen LogP contribution in [0.4, 0.5) is 0 Å². The van der Waals surface area contributed by atoms with Gasteiger partial charge in [-0.05, 0) is 33.7 Å². The Kier molecular flexibility index (Phi) is 5.67. The molecule has 150 valence electrons. The summed E-state index contributed by atoms with van der Waals surface area (Å²) in [5, 5.41) is 0. The molecule has 1 aliphatic carbocycles. The van der Waals surface area contributed by atoms with Crippen LogP contribution in [-0.4, -0.2) is 77.9 Å². The van der Waals surface area contributed by atoms with Crippen LogP contribution in [0.1, 0.15) is 49.2 Å². The molecule has 1 atom stereocenters. The predicted octanol–water partition coefficient (Wildman–Crippen LogP) is 2.36. The number of rotatable bonds is 5. The van der Waals surface area contributed by atoms with Gasteiger partial charge >= 0.3 is 0 Å². The molecular weight excluding hydrogens is 340 g/mol. The van der Waals surface area contributed by atoms with E-state index in [1.807, 2.05) is 6.92 Å². The second kappa shape index (κ2) is 8.02. The molecular formula is C21H34N4O2. The molecule has 0 aromatic carbocycles. The Labute approximate surface area is 163 Å². The first-order valence-electron chi connectivity index (χ1n) is 10.6. The molecule has 0 N–H and O–H groups in total. The molecule has 0 spiro atoms. The Balaban J connectivity index is 1.40. The van der Waals surface area contributed by atoms with E-state index in [-0.39, 0.29) is 6.10 Å². The topological polar surface area (TPSA) is 50.7 Å². The third-order valence-corrected chi connectivity index (χ3v) is 6.54. The van der Waals surface area contributed by atoms with Crippen LogP contribution in [0.25, 0.3) is 0 Å². The van der Waals surface area contributed by atoms with Crippen LogP contribution in [-0.2, 0) is 11.2 Å². The Morgan fingerprint density at radius 1 is 1.11 bits per heavy atom. The van der Waals surface area contributed by atoms with E-state index in [2.05, 4.69) is 33.7 Å². The van der Waals surface area contributed by atoms with Crippen molar-refractivity contribution in [1.82, 2.24) is 19.8 Å². The lowest BCUT2D eigenvalue weighted by molar-refractivity contribution is -0.0504. The standard InChI is InChI=1S/C21H34N4O2/c1-16-19-13-18(27-20(19)23-17(2)22-16)14-24(3)15-21(7-5-4-6-8-21)25-9-11-26-12-10-25/h18H,4-15H2,1-3H3. The molecule has 6 nitrogen and oxygen atoms in total. The Morgan fingerprint density at radius 2 is 1.85 bits per heavy atom. The molecule has 0 radical (unpaired) electrons. The molecule has 1 saturated heterocycles. The fraction of sp³-hybridized carbons (Fsp3) is 0.810. The van der Waals surface area contributed by atoms with Gasteiger partial charge in [0.15, 0.2) is 0 Å². The smallest absolute Gasteiger partial charge is 0.220 e. The number of fused-ring (bicyclic) bond motifs is 1. The van der Waals surface area contributed by atoms with Gasteiger partial charge in [0.05, 0.1) is 13.2 Å². The average molecular weight is 375 g/mol. The number of aromatic nitrogens is 2. The molecule has 3 heterocycles. The van der Waals surface area contributed by atoms with E-state index in [0.717, 1.165) is 63.2 Å². The monoisotopic (exact) mass is 374 g/mol. The molecule has 6 heteroatoms. The highest BCUT2D eigenvalue weighted by Gasteiger charge is 2.40. The number of nitrogens with zero attached hydrogens (tertiary/aromatic N) is 4. The van der Waals surface area contributed by atoms with Crippen molar-refractivity contribution in [2.75, 3.05) is 46.4 Å². The van der Waals surface area contributed by atoms with E-state index in [1.165, 1.54) is 37.7 Å². The van der Waals surface area contributed by atoms with E-state index in [4.69, 9.17) is 9.47 Å². The highest BCUT2D eigenvalue weighted by molar-refractivity contribution is 5.34. The number of hydrogen-bond donors (Lipinski definition) is 0. The van der Waals surface area contributed by atoms with Gasteiger partial charge in [-0.2, -0.15) is 4.98 Å². The minimum absolute atomic E-state index is 0.185. The molecule has 1 unspecified atom stereocenters. The highest BCUT2D eigenvalue weighted by Crippen LogP contribution is 2.35. The molecule has 0 amide bonds. The summed E-state index contributed by atoms with van der Waals surface area (Å²) in [6.07, 6.45) is 7.82. The van der Waals surface area contributed by atoms with Crippen molar-refractivity contribution in [1.29, 1.82) is 0 Å². The van der Waals surface area contributed by atoms with Crippen LogP contribution in [0, 0.1) is 13.8 Å². The van der Waals surface area contributed by atoms with Crippen LogP contribution in [0.2, 0.25) is 0 Å². The molecule has 4 rings (SSSR count). The number of likely N-dealkylation sites (N-methyl/N-ethyl adjacent to an activating group) is 1. The van der Waals surface area contributed by atoms with Crippen LogP contribution >= 0.6 is 0 Å². The van der Waals surface area contributed by atoms with Gasteiger partial charge in [0.1, 0.15) is 11.9 Å². The molecule has 2 fully saturated rings. The summed E-state index contributed by atoms with van der Waals surface area (Å²) < 4.78 is 11.8. The van der Waals surface area contributed by atoms with Crippen molar-refractivity contribution in [2.45, 2.75) is 64.0 Å². The fourth-order valence-electron chi connectivity index (χ4n) is 5.30. The highest BCUT2D eigenvalue weighted by atomic mass is 16.5. The number of aryl methyl sites for hydroxylation is 2. The molecule has 27 heavy (non-hydrogen) atoms. The Morgan fingerprint density at radius 3 is 2.59 bits per heavy atom. The molecule has 3 aliphatic rings. The molecule has 1 saturated carbocycles. The third-order valence-electron chi connectivity index (χ3n) is 6.54. The molecule has 0 bridgehead atoms. The van der Waals surface area contributed by atoms with E-state index < -0.39 is 0 Å². The molecule has 1 aromatic rings. The summed E-state index contributed by atoms with van der Waals surface area (Å²) in [6.45, 7) is 9.98. The van der Waals surface area contributed by atoms with Crippen LogP contribution in [0.5, 0.6) is 5.88 Å². The fourth-order valence-corrected chi connectivity index (χ4v) is 5.30. The quantitative estimate of drug-likeness (QED) is 0.789. The second-order valence-corrected chi connectivity index (χ2v) is 8.67. The summed E-state index contributed by atoms with van der Waals surface area (Å²) in [5.74, 6) is 1.60. The second-order valence-electron chi connectivity index (χ2n) is 8.67. The van der Waals surface area contributed by atoms with Gasteiger partial charge in [-0.15, -0.1) is 0 Å². The lowest BCUT2D eigenvalue weighted by atomic mass is 9.79. The zero-order valence-corrected chi connectivity index (χ0v) is 17.2. The minimum Gasteiger partial charge on any atom is -0.472 e. The first-order chi connectivity index (χ1) is 13.1. The first kappa shape index (κ1) is 19.1. The van der Waals surface area contributed by atoms with E-state index in [1.54, 1.807) is 0 Å². The van der Waals surface area contributed by atoms with Crippen molar-refractivity contribution >= 4 is 0 Å². The SMILES string of the molecule is Cc1nc(C)c2c(n1)OC(CN(C)CC1(N3CCOCC3)CCCCC1)C2. The van der Waals surface area contributed by atoms with Crippen LogP contribution < -0.4 is 4.74 Å². The summed E-state index contributed by atoms with van der Waals surface area (Å²) in [4.78, 5) is 14.2. The summed E-state index contributed by atoms with van der Waals surface area (Å²) >= 11 is 0. The van der Waals surface area contributed by atoms with Crippen molar-refractivity contribution in [3.05, 3.63) is 17.1 Å². The lowest BCUT2D eigenvalue weighted by Crippen LogP contribution is -2.59. The van der Waals surface area contributed by atoms with Crippen molar-refractivity contribution in [3.8, 4) is 5.88 Å². The summed E-state index contributed by atoms with van der Waals surface area (Å²) in [5.41, 5.74) is 2.58. The molecule has 2 aliphatic heterocycles. The third kappa shape index (κ3) is 4.13. The Hall–Kier alpha value is -1.24. The van der Waals surface area contributed by atoms with Crippen LogP contribution in [0.15, 0.2) is 0 Å². The number of morpholine rings is 1. The van der Waals surface area contributed by atoms with Gasteiger partial charge in [-0.25, -0.2) is 4.98 Å². The van der Waals surface area contributed by atoms with E-state index in [9.17, 15) is 0 Å². The maximum Gasteiger partial charge on any atom is 0.220 e. The van der Waals surface area contributed by atoms with Crippen LogP contribution in [0.3, 0.4) is 0 Å². The van der Waals surface area contributed by atoms with E-state index >= 15 is 0 Å². The zero-order chi connectivity index (χ0) is 18.9. The Bertz CT molecular complexity index is 654. The summed E-state index contributed by atoms with van der Waals surface area (Å²) in [6, 6.07) is 0. The van der Waals surface area contributed by atoms with Crippen molar-refractivity contribution in [3.63, 3.8) is 0 Å². The van der Waals surface area contributed by atoms with Gasteiger partial charge in [0, 0.05) is 49.4 Å². The van der Waals surface area contributed by atoms with Gasteiger partial charge in [-0.1, -0.05) is 19.3 Å². The lowest BCUT2D eigenvalue weighted by Gasteiger charge is -2.50. The summed E-state index contributed by atoms with van der Waals surface area (Å²) in [7, 11) is 2.26. The normalized spacial score (nSPS) is 25.4. The van der Waals surface area contributed by atoms with Gasteiger partial charge < -0.3 is 14.4 Å². The van der Waals surface area contributed by atoms with E-state index in [0.29, 0.717) is 5.54 Å². The van der Waals surface area contributed by atoms with Gasteiger partial charge in [0.25, 0.3) is 0 Å². The van der Waals surface area contributed by atoms with Gasteiger partial charge in [0.2, 0.25) is 5.88 Å². The number of hydrogen-bond acceptors (Lipinski definition) is 6. The van der Waals surface area contributed by atoms with Crippen molar-refractivity contribution < 1.29 is 9.47 Å². The predicted molar refractivity (Wildman–Crippen MR) is 105 cm³/mol. The van der Waals surface area contributed by atoms with Crippen molar-refractivity contribution in [2.24, 2.45) is 0 Å².